The smallest absolute Gasteiger partial charge is 0.244 e. The second-order valence-corrected chi connectivity index (χ2v) is 7.87. The van der Waals surface area contributed by atoms with Crippen LogP contribution in [0.15, 0.2) is 43.0 Å². The van der Waals surface area contributed by atoms with E-state index in [0.717, 1.165) is 51.0 Å². The van der Waals surface area contributed by atoms with Crippen LogP contribution < -0.4 is 0 Å². The summed E-state index contributed by atoms with van der Waals surface area (Å²) in [5, 5.41) is 4.12. The highest BCUT2D eigenvalue weighted by atomic mass is 16.2. The van der Waals surface area contributed by atoms with Gasteiger partial charge in [-0.15, -0.1) is 0 Å². The van der Waals surface area contributed by atoms with E-state index >= 15 is 0 Å². The fourth-order valence-electron chi connectivity index (χ4n) is 4.44. The van der Waals surface area contributed by atoms with E-state index in [1.807, 2.05) is 34.2 Å². The van der Waals surface area contributed by atoms with Crippen molar-refractivity contribution in [3.63, 3.8) is 0 Å². The van der Waals surface area contributed by atoms with Crippen molar-refractivity contribution >= 4 is 11.8 Å². The van der Waals surface area contributed by atoms with Crippen LogP contribution in [-0.4, -0.2) is 62.6 Å². The minimum Gasteiger partial charge on any atom is -0.342 e. The summed E-state index contributed by atoms with van der Waals surface area (Å²) >= 11 is 0. The van der Waals surface area contributed by atoms with Gasteiger partial charge in [-0.25, -0.2) is 0 Å². The van der Waals surface area contributed by atoms with E-state index in [4.69, 9.17) is 0 Å². The van der Waals surface area contributed by atoms with Gasteiger partial charge in [0.25, 0.3) is 0 Å². The van der Waals surface area contributed by atoms with Gasteiger partial charge in [0.1, 0.15) is 6.54 Å². The molecule has 0 bridgehead atoms. The number of likely N-dealkylation sites (tertiary alicyclic amines) is 2. The third kappa shape index (κ3) is 4.40. The molecule has 2 aliphatic heterocycles. The molecule has 2 aromatic rings. The molecule has 2 aliphatic rings. The lowest BCUT2D eigenvalue weighted by atomic mass is 9.84. The van der Waals surface area contributed by atoms with Gasteiger partial charge >= 0.3 is 0 Å². The molecule has 2 saturated heterocycles. The minimum atomic E-state index is 0.131. The molecule has 0 aliphatic carbocycles. The molecule has 2 amide bonds. The Bertz CT molecular complexity index is 792. The van der Waals surface area contributed by atoms with Crippen LogP contribution in [0.25, 0.3) is 0 Å². The quantitative estimate of drug-likeness (QED) is 0.789. The van der Waals surface area contributed by atoms with Crippen LogP contribution in [0, 0.1) is 11.8 Å². The fourth-order valence-corrected chi connectivity index (χ4v) is 4.44. The number of hydrogen-bond donors (Lipinski definition) is 0. The SMILES string of the molecule is O=C(Cc1cccnc1)N1CCCC(C2CCN(C(=O)Cn3cccn3)C2)C1. The largest absolute Gasteiger partial charge is 0.342 e. The van der Waals surface area contributed by atoms with Gasteiger partial charge in [-0.1, -0.05) is 6.07 Å². The molecule has 28 heavy (non-hydrogen) atoms. The molecule has 0 radical (unpaired) electrons. The van der Waals surface area contributed by atoms with Crippen molar-refractivity contribution in [1.82, 2.24) is 24.6 Å². The summed E-state index contributed by atoms with van der Waals surface area (Å²) in [5.74, 6) is 1.28. The van der Waals surface area contributed by atoms with Crippen molar-refractivity contribution < 1.29 is 9.59 Å². The molecule has 2 atom stereocenters. The normalized spacial score (nSPS) is 22.4. The van der Waals surface area contributed by atoms with Gasteiger partial charge in [0.2, 0.25) is 11.8 Å². The van der Waals surface area contributed by atoms with E-state index in [2.05, 4.69) is 10.1 Å². The molecule has 4 heterocycles. The predicted molar refractivity (Wildman–Crippen MR) is 104 cm³/mol. The van der Waals surface area contributed by atoms with Crippen molar-refractivity contribution in [3.8, 4) is 0 Å². The van der Waals surface area contributed by atoms with Gasteiger partial charge in [-0.05, 0) is 48.8 Å². The highest BCUT2D eigenvalue weighted by Gasteiger charge is 2.35. The van der Waals surface area contributed by atoms with Gasteiger partial charge in [-0.2, -0.15) is 5.10 Å². The highest BCUT2D eigenvalue weighted by Crippen LogP contribution is 2.31. The monoisotopic (exact) mass is 381 g/mol. The molecule has 2 aromatic heterocycles. The summed E-state index contributed by atoms with van der Waals surface area (Å²) in [6, 6.07) is 5.65. The van der Waals surface area contributed by atoms with E-state index in [1.165, 1.54) is 0 Å². The molecule has 0 saturated carbocycles. The van der Waals surface area contributed by atoms with Crippen molar-refractivity contribution in [2.24, 2.45) is 11.8 Å². The van der Waals surface area contributed by atoms with Gasteiger partial charge < -0.3 is 9.80 Å². The third-order valence-electron chi connectivity index (χ3n) is 5.99. The second kappa shape index (κ2) is 8.54. The Hall–Kier alpha value is -2.70. The van der Waals surface area contributed by atoms with Gasteiger partial charge in [0.15, 0.2) is 0 Å². The molecule has 7 nitrogen and oxygen atoms in total. The van der Waals surface area contributed by atoms with Crippen LogP contribution in [0.4, 0.5) is 0 Å². The van der Waals surface area contributed by atoms with Crippen LogP contribution >= 0.6 is 0 Å². The van der Waals surface area contributed by atoms with E-state index < -0.39 is 0 Å². The molecule has 7 heteroatoms. The first kappa shape index (κ1) is 18.7. The fraction of sp³-hybridized carbons (Fsp3) is 0.524. The number of nitrogens with zero attached hydrogens (tertiary/aromatic N) is 5. The number of carbonyl (C=O) groups is 2. The van der Waals surface area contributed by atoms with Crippen LogP contribution in [0.2, 0.25) is 0 Å². The molecule has 4 rings (SSSR count). The molecule has 2 fully saturated rings. The Morgan fingerprint density at radius 2 is 1.82 bits per heavy atom. The summed E-state index contributed by atoms with van der Waals surface area (Å²) in [5.41, 5.74) is 0.964. The van der Waals surface area contributed by atoms with Gasteiger partial charge in [-0.3, -0.25) is 19.3 Å². The van der Waals surface area contributed by atoms with Crippen LogP contribution in [-0.2, 0) is 22.6 Å². The Labute approximate surface area is 165 Å². The van der Waals surface area contributed by atoms with E-state index in [9.17, 15) is 9.59 Å². The van der Waals surface area contributed by atoms with Crippen LogP contribution in [0.1, 0.15) is 24.8 Å². The third-order valence-corrected chi connectivity index (χ3v) is 5.99. The number of hydrogen-bond acceptors (Lipinski definition) is 4. The number of amides is 2. The maximum atomic E-state index is 12.7. The summed E-state index contributed by atoms with van der Waals surface area (Å²) < 4.78 is 1.68. The number of aromatic nitrogens is 3. The molecular formula is C21H27N5O2. The first-order valence-electron chi connectivity index (χ1n) is 10.1. The Morgan fingerprint density at radius 1 is 1.00 bits per heavy atom. The predicted octanol–water partition coefficient (Wildman–Crippen LogP) is 1.61. The number of carbonyl (C=O) groups excluding carboxylic acids is 2. The molecule has 148 valence electrons. The average Bonchev–Trinajstić information content (AvgIpc) is 3.41. The van der Waals surface area contributed by atoms with Crippen LogP contribution in [0.3, 0.4) is 0 Å². The summed E-state index contributed by atoms with van der Waals surface area (Å²) in [7, 11) is 0. The number of rotatable bonds is 5. The first-order chi connectivity index (χ1) is 13.7. The van der Waals surface area contributed by atoms with Crippen molar-refractivity contribution in [2.45, 2.75) is 32.2 Å². The van der Waals surface area contributed by atoms with Crippen molar-refractivity contribution in [3.05, 3.63) is 48.5 Å². The molecule has 0 spiro atoms. The number of piperidine rings is 1. The first-order valence-corrected chi connectivity index (χ1v) is 10.1. The lowest BCUT2D eigenvalue weighted by Gasteiger charge is -2.36. The zero-order chi connectivity index (χ0) is 19.3. The standard InChI is InChI=1S/C21H27N5O2/c27-20(12-17-4-1-7-22-13-17)24-9-2-5-18(14-24)19-6-11-25(15-19)21(28)16-26-10-3-8-23-26/h1,3-4,7-8,10,13,18-19H,2,5-6,9,11-12,14-16H2. The maximum absolute atomic E-state index is 12.7. The summed E-state index contributed by atoms with van der Waals surface area (Å²) in [4.78, 5) is 33.3. The second-order valence-electron chi connectivity index (χ2n) is 7.87. The minimum absolute atomic E-state index is 0.131. The van der Waals surface area contributed by atoms with E-state index in [0.29, 0.717) is 24.8 Å². The summed E-state index contributed by atoms with van der Waals surface area (Å²) in [6.45, 7) is 3.57. The highest BCUT2D eigenvalue weighted by molar-refractivity contribution is 5.78. The van der Waals surface area contributed by atoms with Crippen molar-refractivity contribution in [1.29, 1.82) is 0 Å². The van der Waals surface area contributed by atoms with Crippen molar-refractivity contribution in [2.75, 3.05) is 26.2 Å². The molecule has 2 unspecified atom stereocenters. The number of pyridine rings is 1. The lowest BCUT2D eigenvalue weighted by molar-refractivity contribution is -0.133. The van der Waals surface area contributed by atoms with Gasteiger partial charge in [0, 0.05) is 51.0 Å². The Morgan fingerprint density at radius 3 is 2.57 bits per heavy atom. The summed E-state index contributed by atoms with van der Waals surface area (Å²) in [6.07, 6.45) is 10.6. The zero-order valence-corrected chi connectivity index (χ0v) is 16.1. The molecule has 0 N–H and O–H groups in total. The van der Waals surface area contributed by atoms with Crippen LogP contribution in [0.5, 0.6) is 0 Å². The average molecular weight is 381 g/mol. The topological polar surface area (TPSA) is 71.3 Å². The Kier molecular flexibility index (Phi) is 5.69. The lowest BCUT2D eigenvalue weighted by Crippen LogP contribution is -2.43. The molecule has 0 aromatic carbocycles. The van der Waals surface area contributed by atoms with E-state index in [1.54, 1.807) is 23.3 Å². The van der Waals surface area contributed by atoms with E-state index in [-0.39, 0.29) is 11.8 Å². The molecular weight excluding hydrogens is 354 g/mol. The maximum Gasteiger partial charge on any atom is 0.244 e. The van der Waals surface area contributed by atoms with Gasteiger partial charge in [0.05, 0.1) is 6.42 Å². The Balaban J connectivity index is 1.30. The zero-order valence-electron chi connectivity index (χ0n) is 16.1.